The van der Waals surface area contributed by atoms with Crippen molar-refractivity contribution in [2.45, 2.75) is 47.0 Å². The van der Waals surface area contributed by atoms with Crippen molar-refractivity contribution >= 4 is 11.5 Å². The van der Waals surface area contributed by atoms with Gasteiger partial charge >= 0.3 is 0 Å². The summed E-state index contributed by atoms with van der Waals surface area (Å²) in [5.74, 6) is 0.679. The van der Waals surface area contributed by atoms with Crippen LogP contribution in [-0.4, -0.2) is 4.37 Å². The van der Waals surface area contributed by atoms with E-state index in [0.717, 1.165) is 0 Å². The van der Waals surface area contributed by atoms with Gasteiger partial charge in [-0.05, 0) is 36.4 Å². The van der Waals surface area contributed by atoms with Crippen LogP contribution in [0.1, 0.15) is 50.5 Å². The first kappa shape index (κ1) is 11.6. The topological polar surface area (TPSA) is 12.9 Å². The Bertz CT molecular complexity index is 205. The van der Waals surface area contributed by atoms with Gasteiger partial charge in [0.2, 0.25) is 0 Å². The molecule has 1 aromatic rings. The third kappa shape index (κ3) is 2.94. The Hall–Kier alpha value is -0.370. The van der Waals surface area contributed by atoms with E-state index in [9.17, 15) is 0 Å². The Morgan fingerprint density at radius 1 is 1.50 bits per heavy atom. The largest absolute Gasteiger partial charge is 0.201 e. The highest BCUT2D eigenvalue weighted by molar-refractivity contribution is 7.05. The van der Waals surface area contributed by atoms with Gasteiger partial charge in [-0.15, -0.1) is 0 Å². The van der Waals surface area contributed by atoms with Crippen LogP contribution in [0.5, 0.6) is 0 Å². The molecule has 0 saturated carbocycles. The first-order valence-corrected chi connectivity index (χ1v) is 5.44. The Morgan fingerprint density at radius 3 is 2.42 bits per heavy atom. The van der Waals surface area contributed by atoms with Crippen LogP contribution in [0.4, 0.5) is 0 Å². The van der Waals surface area contributed by atoms with Crippen LogP contribution < -0.4 is 0 Å². The second-order valence-corrected chi connectivity index (χ2v) is 3.65. The Labute approximate surface area is 80.0 Å². The molecule has 2 heteroatoms. The molecule has 1 atom stereocenters. The zero-order valence-electron chi connectivity index (χ0n) is 8.72. The molecule has 0 bridgehead atoms. The van der Waals surface area contributed by atoms with Gasteiger partial charge in [0.1, 0.15) is 0 Å². The quantitative estimate of drug-likeness (QED) is 0.679. The van der Waals surface area contributed by atoms with Crippen molar-refractivity contribution in [3.05, 3.63) is 16.6 Å². The molecule has 0 N–H and O–H groups in total. The summed E-state index contributed by atoms with van der Waals surface area (Å²) in [5, 5.41) is 0. The zero-order chi connectivity index (χ0) is 9.56. The number of aromatic nitrogens is 1. The van der Waals surface area contributed by atoms with Crippen molar-refractivity contribution < 1.29 is 0 Å². The van der Waals surface area contributed by atoms with Gasteiger partial charge < -0.3 is 0 Å². The summed E-state index contributed by atoms with van der Waals surface area (Å²) in [4.78, 5) is 1.37. The molecule has 0 spiro atoms. The Kier molecular flexibility index (Phi) is 5.99. The normalized spacial score (nSPS) is 11.8. The summed E-state index contributed by atoms with van der Waals surface area (Å²) in [6.07, 6.45) is 3.20. The van der Waals surface area contributed by atoms with E-state index in [1.54, 1.807) is 11.5 Å². The molecule has 1 nitrogen and oxygen atoms in total. The van der Waals surface area contributed by atoms with Gasteiger partial charge in [0.15, 0.2) is 0 Å². The van der Waals surface area contributed by atoms with Gasteiger partial charge in [0.25, 0.3) is 0 Å². The molecule has 0 aromatic carbocycles. The van der Waals surface area contributed by atoms with Gasteiger partial charge in [-0.1, -0.05) is 27.7 Å². The van der Waals surface area contributed by atoms with Crippen molar-refractivity contribution in [1.82, 2.24) is 4.37 Å². The molecule has 0 aliphatic carbocycles. The average molecular weight is 185 g/mol. The highest BCUT2D eigenvalue weighted by atomic mass is 32.1. The maximum atomic E-state index is 4.13. The fourth-order valence-corrected chi connectivity index (χ4v) is 1.68. The number of aryl methyl sites for hydroxylation is 1. The zero-order valence-corrected chi connectivity index (χ0v) is 9.53. The molecule has 0 aliphatic heterocycles. The number of nitrogens with zero attached hydrogens (tertiary/aromatic N) is 1. The maximum absolute atomic E-state index is 4.13. The van der Waals surface area contributed by atoms with Crippen molar-refractivity contribution in [3.63, 3.8) is 0 Å². The standard InChI is InChI=1S/C8H13NS.C2H6/c1-4-6(2)8-5-9-10-7(8)3;1-2/h5-6H,4H2,1-3H3;1-2H3. The molecule has 0 fully saturated rings. The van der Waals surface area contributed by atoms with E-state index in [2.05, 4.69) is 25.1 Å². The molecule has 1 unspecified atom stereocenters. The van der Waals surface area contributed by atoms with Gasteiger partial charge in [-0.3, -0.25) is 0 Å². The molecule has 1 aromatic heterocycles. The summed E-state index contributed by atoms with van der Waals surface area (Å²) < 4.78 is 4.13. The van der Waals surface area contributed by atoms with Crippen LogP contribution in [-0.2, 0) is 0 Å². The molecule has 0 saturated heterocycles. The smallest absolute Gasteiger partial charge is 0.0444 e. The molecular formula is C10H19NS. The average Bonchev–Trinajstić information content (AvgIpc) is 2.54. The van der Waals surface area contributed by atoms with Crippen molar-refractivity contribution in [3.8, 4) is 0 Å². The summed E-state index contributed by atoms with van der Waals surface area (Å²) in [6, 6.07) is 0. The number of hydrogen-bond acceptors (Lipinski definition) is 2. The minimum Gasteiger partial charge on any atom is -0.201 e. The Balaban J connectivity index is 0.000000561. The van der Waals surface area contributed by atoms with E-state index in [-0.39, 0.29) is 0 Å². The molecule has 1 rings (SSSR count). The minimum absolute atomic E-state index is 0.679. The first-order valence-electron chi connectivity index (χ1n) is 4.66. The van der Waals surface area contributed by atoms with E-state index in [1.165, 1.54) is 16.9 Å². The number of rotatable bonds is 2. The second-order valence-electron chi connectivity index (χ2n) is 2.65. The number of hydrogen-bond donors (Lipinski definition) is 0. The van der Waals surface area contributed by atoms with E-state index in [1.807, 2.05) is 20.0 Å². The van der Waals surface area contributed by atoms with E-state index >= 15 is 0 Å². The summed E-state index contributed by atoms with van der Waals surface area (Å²) >= 11 is 1.60. The summed E-state index contributed by atoms with van der Waals surface area (Å²) in [7, 11) is 0. The van der Waals surface area contributed by atoms with Crippen LogP contribution >= 0.6 is 11.5 Å². The SMILES string of the molecule is CC.CCC(C)c1cnsc1C. The minimum atomic E-state index is 0.679. The third-order valence-corrected chi connectivity index (χ3v) is 2.65. The molecule has 70 valence electrons. The molecule has 0 radical (unpaired) electrons. The van der Waals surface area contributed by atoms with Crippen LogP contribution in [0.15, 0.2) is 6.20 Å². The van der Waals surface area contributed by atoms with Crippen LogP contribution in [0.3, 0.4) is 0 Å². The van der Waals surface area contributed by atoms with Gasteiger partial charge in [-0.25, -0.2) is 4.37 Å². The fourth-order valence-electron chi connectivity index (χ4n) is 1.000. The summed E-state index contributed by atoms with van der Waals surface area (Å²) in [5.41, 5.74) is 1.42. The highest BCUT2D eigenvalue weighted by Crippen LogP contribution is 2.23. The molecule has 1 heterocycles. The predicted molar refractivity (Wildman–Crippen MR) is 56.9 cm³/mol. The lowest BCUT2D eigenvalue weighted by Crippen LogP contribution is -1.89. The van der Waals surface area contributed by atoms with Gasteiger partial charge in [0, 0.05) is 11.1 Å². The fraction of sp³-hybridized carbons (Fsp3) is 0.700. The van der Waals surface area contributed by atoms with E-state index in [4.69, 9.17) is 0 Å². The molecular weight excluding hydrogens is 166 g/mol. The van der Waals surface area contributed by atoms with Crippen LogP contribution in [0, 0.1) is 6.92 Å². The van der Waals surface area contributed by atoms with Crippen LogP contribution in [0.2, 0.25) is 0 Å². The third-order valence-electron chi connectivity index (χ3n) is 1.93. The molecule has 12 heavy (non-hydrogen) atoms. The van der Waals surface area contributed by atoms with Crippen molar-refractivity contribution in [2.24, 2.45) is 0 Å². The summed E-state index contributed by atoms with van der Waals surface area (Å²) in [6.45, 7) is 10.6. The van der Waals surface area contributed by atoms with Crippen molar-refractivity contribution in [1.29, 1.82) is 0 Å². The molecule has 0 aliphatic rings. The lowest BCUT2D eigenvalue weighted by atomic mass is 10.0. The predicted octanol–water partition coefficient (Wildman–Crippen LogP) is 3.99. The highest BCUT2D eigenvalue weighted by Gasteiger charge is 2.06. The van der Waals surface area contributed by atoms with E-state index < -0.39 is 0 Å². The van der Waals surface area contributed by atoms with Gasteiger partial charge in [-0.2, -0.15) is 0 Å². The maximum Gasteiger partial charge on any atom is 0.0444 e. The van der Waals surface area contributed by atoms with Gasteiger partial charge in [0.05, 0.1) is 0 Å². The second kappa shape index (κ2) is 6.18. The molecule has 0 amide bonds. The lowest BCUT2D eigenvalue weighted by molar-refractivity contribution is 0.731. The van der Waals surface area contributed by atoms with E-state index in [0.29, 0.717) is 5.92 Å². The first-order chi connectivity index (χ1) is 5.75. The lowest BCUT2D eigenvalue weighted by Gasteiger charge is -2.04. The Morgan fingerprint density at radius 2 is 2.08 bits per heavy atom. The van der Waals surface area contributed by atoms with Crippen molar-refractivity contribution in [2.75, 3.05) is 0 Å². The monoisotopic (exact) mass is 185 g/mol. The van der Waals surface area contributed by atoms with Crippen LogP contribution in [0.25, 0.3) is 0 Å².